The van der Waals surface area contributed by atoms with Gasteiger partial charge in [0.15, 0.2) is 0 Å². The molecule has 1 fully saturated rings. The lowest BCUT2D eigenvalue weighted by Gasteiger charge is -2.29. The number of nitrogens with one attached hydrogen (secondary N) is 1. The van der Waals surface area contributed by atoms with Gasteiger partial charge in [0.05, 0.1) is 20.3 Å². The van der Waals surface area contributed by atoms with Crippen molar-refractivity contribution in [3.05, 3.63) is 22.7 Å². The fraction of sp³-hybridized carbons (Fsp3) is 0.625. The van der Waals surface area contributed by atoms with Crippen LogP contribution in [0, 0.1) is 5.92 Å². The van der Waals surface area contributed by atoms with Crippen LogP contribution in [-0.4, -0.2) is 33.5 Å². The Morgan fingerprint density at radius 1 is 1.38 bits per heavy atom. The molecule has 0 radical (unpaired) electrons. The molecule has 1 aromatic carbocycles. The molecule has 2 rings (SSSR count). The quantitative estimate of drug-likeness (QED) is 0.873. The zero-order valence-electron chi connectivity index (χ0n) is 13.1. The molecule has 0 amide bonds. The molecule has 1 aliphatic rings. The zero-order chi connectivity index (χ0) is 15.4. The van der Waals surface area contributed by atoms with Crippen molar-refractivity contribution < 1.29 is 14.2 Å². The van der Waals surface area contributed by atoms with Crippen LogP contribution >= 0.6 is 11.6 Å². The molecule has 1 aromatic rings. The molecule has 0 aromatic heterocycles. The summed E-state index contributed by atoms with van der Waals surface area (Å²) >= 11 is 6.39. The first kappa shape index (κ1) is 16.4. The Kier molecular flexibility index (Phi) is 5.73. The van der Waals surface area contributed by atoms with Gasteiger partial charge in [0, 0.05) is 24.1 Å². The van der Waals surface area contributed by atoms with Crippen LogP contribution in [0.5, 0.6) is 11.5 Å². The Labute approximate surface area is 131 Å². The van der Waals surface area contributed by atoms with Gasteiger partial charge in [-0.2, -0.15) is 0 Å². The van der Waals surface area contributed by atoms with Crippen LogP contribution in [0.4, 0.5) is 0 Å². The van der Waals surface area contributed by atoms with E-state index in [0.29, 0.717) is 22.4 Å². The van der Waals surface area contributed by atoms with Gasteiger partial charge in [-0.15, -0.1) is 0 Å². The average molecular weight is 314 g/mol. The number of hydrogen-bond acceptors (Lipinski definition) is 4. The van der Waals surface area contributed by atoms with Crippen LogP contribution in [-0.2, 0) is 4.74 Å². The molecule has 3 atom stereocenters. The summed E-state index contributed by atoms with van der Waals surface area (Å²) in [7, 11) is 3.25. The number of hydrogen-bond donors (Lipinski definition) is 1. The average Bonchev–Trinajstić information content (AvgIpc) is 2.90. The molecule has 0 bridgehead atoms. The van der Waals surface area contributed by atoms with Crippen molar-refractivity contribution >= 4 is 11.6 Å². The molecule has 21 heavy (non-hydrogen) atoms. The highest BCUT2D eigenvalue weighted by atomic mass is 35.5. The van der Waals surface area contributed by atoms with Crippen molar-refractivity contribution in [3.63, 3.8) is 0 Å². The van der Waals surface area contributed by atoms with E-state index < -0.39 is 0 Å². The minimum absolute atomic E-state index is 0.158. The van der Waals surface area contributed by atoms with Crippen LogP contribution in [0.15, 0.2) is 12.1 Å². The summed E-state index contributed by atoms with van der Waals surface area (Å²) < 4.78 is 16.5. The normalized spacial score (nSPS) is 23.1. The fourth-order valence-corrected chi connectivity index (χ4v) is 3.39. The molecule has 3 unspecified atom stereocenters. The maximum atomic E-state index is 6.39. The smallest absolute Gasteiger partial charge is 0.146 e. The van der Waals surface area contributed by atoms with E-state index in [2.05, 4.69) is 19.2 Å². The maximum Gasteiger partial charge on any atom is 0.146 e. The van der Waals surface area contributed by atoms with Gasteiger partial charge in [-0.05, 0) is 32.0 Å². The minimum Gasteiger partial charge on any atom is -0.495 e. The first-order valence-corrected chi connectivity index (χ1v) is 7.77. The molecule has 118 valence electrons. The molecule has 0 spiro atoms. The van der Waals surface area contributed by atoms with E-state index in [9.17, 15) is 0 Å². The maximum absolute atomic E-state index is 6.39. The van der Waals surface area contributed by atoms with E-state index in [1.165, 1.54) is 0 Å². The largest absolute Gasteiger partial charge is 0.495 e. The number of rotatable bonds is 6. The Hall–Kier alpha value is -0.970. The van der Waals surface area contributed by atoms with Gasteiger partial charge in [0.25, 0.3) is 0 Å². The molecule has 4 nitrogen and oxygen atoms in total. The third-order valence-corrected chi connectivity index (χ3v) is 4.50. The monoisotopic (exact) mass is 313 g/mol. The van der Waals surface area contributed by atoms with Crippen LogP contribution in [0.25, 0.3) is 0 Å². The van der Waals surface area contributed by atoms with E-state index in [4.69, 9.17) is 25.8 Å². The number of methoxy groups -OCH3 is 2. The lowest BCUT2D eigenvalue weighted by molar-refractivity contribution is 0.0952. The van der Waals surface area contributed by atoms with Crippen LogP contribution in [0.1, 0.15) is 31.9 Å². The van der Waals surface area contributed by atoms with Crippen molar-refractivity contribution in [2.24, 2.45) is 5.92 Å². The van der Waals surface area contributed by atoms with Crippen LogP contribution in [0.3, 0.4) is 0 Å². The molecule has 5 heteroatoms. The summed E-state index contributed by atoms with van der Waals surface area (Å²) in [5.41, 5.74) is 1.06. The predicted molar refractivity (Wildman–Crippen MR) is 84.5 cm³/mol. The Balaban J connectivity index is 2.42. The highest BCUT2D eigenvalue weighted by molar-refractivity contribution is 6.33. The highest BCUT2D eigenvalue weighted by Gasteiger charge is 2.34. The molecule has 1 saturated heterocycles. The van der Waals surface area contributed by atoms with Crippen LogP contribution in [0.2, 0.25) is 5.02 Å². The molecule has 1 heterocycles. The van der Waals surface area contributed by atoms with Crippen molar-refractivity contribution in [1.29, 1.82) is 0 Å². The standard InChI is InChI=1S/C16H24ClNO3/c1-5-18-15(11-8-9-21-10(11)2)12-6-7-13(19-3)14(17)16(12)20-4/h6-7,10-11,15,18H,5,8-9H2,1-4H3. The van der Waals surface area contributed by atoms with Crippen LogP contribution < -0.4 is 14.8 Å². The first-order chi connectivity index (χ1) is 10.1. The van der Waals surface area contributed by atoms with Crippen molar-refractivity contribution in [3.8, 4) is 11.5 Å². The van der Waals surface area contributed by atoms with Gasteiger partial charge in [-0.3, -0.25) is 0 Å². The number of benzene rings is 1. The highest BCUT2D eigenvalue weighted by Crippen LogP contribution is 2.43. The Morgan fingerprint density at radius 2 is 2.14 bits per heavy atom. The molecular weight excluding hydrogens is 290 g/mol. The van der Waals surface area contributed by atoms with Gasteiger partial charge >= 0.3 is 0 Å². The Bertz CT molecular complexity index is 481. The lowest BCUT2D eigenvalue weighted by atomic mass is 9.87. The topological polar surface area (TPSA) is 39.7 Å². The lowest BCUT2D eigenvalue weighted by Crippen LogP contribution is -2.32. The third kappa shape index (κ3) is 3.28. The van der Waals surface area contributed by atoms with Gasteiger partial charge < -0.3 is 19.5 Å². The van der Waals surface area contributed by atoms with E-state index in [1.54, 1.807) is 14.2 Å². The fourth-order valence-electron chi connectivity index (χ4n) is 3.06. The van der Waals surface area contributed by atoms with Gasteiger partial charge in [-0.25, -0.2) is 0 Å². The summed E-state index contributed by atoms with van der Waals surface area (Å²) in [5, 5.41) is 4.07. The SMILES string of the molecule is CCNC(c1ccc(OC)c(Cl)c1OC)C1CCOC1C. The third-order valence-electron chi connectivity index (χ3n) is 4.14. The summed E-state index contributed by atoms with van der Waals surface area (Å²) in [5.74, 6) is 1.72. The Morgan fingerprint density at radius 3 is 2.67 bits per heavy atom. The molecular formula is C16H24ClNO3. The summed E-state index contributed by atoms with van der Waals surface area (Å²) in [6.07, 6.45) is 1.26. The second-order valence-corrected chi connectivity index (χ2v) is 5.65. The van der Waals surface area contributed by atoms with E-state index >= 15 is 0 Å². The second-order valence-electron chi connectivity index (χ2n) is 5.27. The minimum atomic E-state index is 0.158. The molecule has 1 N–H and O–H groups in total. The second kappa shape index (κ2) is 7.34. The van der Waals surface area contributed by atoms with Gasteiger partial charge in [0.2, 0.25) is 0 Å². The van der Waals surface area contributed by atoms with E-state index in [0.717, 1.165) is 25.1 Å². The first-order valence-electron chi connectivity index (χ1n) is 7.39. The van der Waals surface area contributed by atoms with E-state index in [-0.39, 0.29) is 12.1 Å². The van der Waals surface area contributed by atoms with Crippen molar-refractivity contribution in [2.75, 3.05) is 27.4 Å². The van der Waals surface area contributed by atoms with Gasteiger partial charge in [-0.1, -0.05) is 18.5 Å². The number of halogens is 1. The number of ether oxygens (including phenoxy) is 3. The zero-order valence-corrected chi connectivity index (χ0v) is 13.9. The molecule has 0 aliphatic carbocycles. The van der Waals surface area contributed by atoms with E-state index in [1.807, 2.05) is 12.1 Å². The van der Waals surface area contributed by atoms with Crippen molar-refractivity contribution in [1.82, 2.24) is 5.32 Å². The predicted octanol–water partition coefficient (Wildman–Crippen LogP) is 3.43. The molecule has 1 aliphatic heterocycles. The molecule has 0 saturated carbocycles. The summed E-state index contributed by atoms with van der Waals surface area (Å²) in [6, 6.07) is 4.08. The summed E-state index contributed by atoms with van der Waals surface area (Å²) in [6.45, 7) is 5.91. The van der Waals surface area contributed by atoms with Crippen molar-refractivity contribution in [2.45, 2.75) is 32.4 Å². The van der Waals surface area contributed by atoms with Gasteiger partial charge in [0.1, 0.15) is 16.5 Å². The summed E-state index contributed by atoms with van der Waals surface area (Å²) in [4.78, 5) is 0.